The first-order valence-corrected chi connectivity index (χ1v) is 12.2. The molecule has 0 aliphatic heterocycles. The van der Waals surface area contributed by atoms with Crippen LogP contribution in [0, 0.1) is 12.3 Å². The second kappa shape index (κ2) is 14.1. The minimum absolute atomic E-state index is 0.00376. The highest BCUT2D eigenvalue weighted by molar-refractivity contribution is 5.92. The number of esters is 1. The molecule has 198 valence electrons. The topological polar surface area (TPSA) is 114 Å². The van der Waals surface area contributed by atoms with E-state index in [2.05, 4.69) is 16.6 Å². The number of terminal acetylenes is 1. The molecule has 9 heteroatoms. The fraction of sp³-hybridized carbons (Fsp3) is 0.556. The molecule has 0 radical (unpaired) electrons. The summed E-state index contributed by atoms with van der Waals surface area (Å²) in [6.07, 6.45) is 5.29. The maximum atomic E-state index is 13.6. The van der Waals surface area contributed by atoms with Crippen LogP contribution in [0.1, 0.15) is 78.5 Å². The van der Waals surface area contributed by atoms with Crippen molar-refractivity contribution in [3.8, 4) is 12.3 Å². The summed E-state index contributed by atoms with van der Waals surface area (Å²) in [5.41, 5.74) is 0.436. The van der Waals surface area contributed by atoms with Crippen LogP contribution in [0.15, 0.2) is 24.3 Å². The predicted octanol–water partition coefficient (Wildman–Crippen LogP) is 3.32. The molecule has 3 atom stereocenters. The van der Waals surface area contributed by atoms with Crippen LogP contribution in [0.25, 0.3) is 0 Å². The molecule has 0 saturated carbocycles. The molecule has 0 heterocycles. The molecular weight excluding hydrogens is 462 g/mol. The fourth-order valence-electron chi connectivity index (χ4n) is 3.38. The summed E-state index contributed by atoms with van der Waals surface area (Å²) >= 11 is 0. The predicted molar refractivity (Wildman–Crippen MR) is 137 cm³/mol. The minimum atomic E-state index is -1.02. The standard InChI is InChI=1S/C27H39N3O6/c1-9-18(4)30(25(33)19(5)29-26(34)36-27(6,7)8)23(21-14-12-20(10-2)13-15-21)24(32)28-17-16-22(31)35-11-3/h2,12-15,18-19,23H,9,11,16-17H2,1,3-8H3,(H,28,32)(H,29,34). The van der Waals surface area contributed by atoms with Gasteiger partial charge in [-0.2, -0.15) is 0 Å². The van der Waals surface area contributed by atoms with Gasteiger partial charge in [-0.15, -0.1) is 6.42 Å². The van der Waals surface area contributed by atoms with Gasteiger partial charge in [0.1, 0.15) is 17.7 Å². The number of ether oxygens (including phenoxy) is 2. The van der Waals surface area contributed by atoms with Crippen molar-refractivity contribution < 1.29 is 28.7 Å². The van der Waals surface area contributed by atoms with E-state index in [-0.39, 0.29) is 25.6 Å². The Morgan fingerprint density at radius 1 is 1.08 bits per heavy atom. The molecule has 1 rings (SSSR count). The fourth-order valence-corrected chi connectivity index (χ4v) is 3.38. The van der Waals surface area contributed by atoms with Crippen LogP contribution in [0.3, 0.4) is 0 Å². The van der Waals surface area contributed by atoms with E-state index in [0.29, 0.717) is 17.5 Å². The third-order valence-corrected chi connectivity index (χ3v) is 5.28. The van der Waals surface area contributed by atoms with Crippen LogP contribution < -0.4 is 10.6 Å². The molecule has 3 amide bonds. The molecule has 0 fully saturated rings. The summed E-state index contributed by atoms with van der Waals surface area (Å²) < 4.78 is 10.2. The van der Waals surface area contributed by atoms with Crippen LogP contribution >= 0.6 is 0 Å². The van der Waals surface area contributed by atoms with Gasteiger partial charge in [0.2, 0.25) is 11.8 Å². The number of amides is 3. The Morgan fingerprint density at radius 2 is 1.69 bits per heavy atom. The van der Waals surface area contributed by atoms with Crippen LogP contribution in [-0.2, 0) is 23.9 Å². The summed E-state index contributed by atoms with van der Waals surface area (Å²) in [5.74, 6) is 1.18. The molecule has 0 aromatic heterocycles. The molecule has 36 heavy (non-hydrogen) atoms. The van der Waals surface area contributed by atoms with Crippen molar-refractivity contribution in [2.24, 2.45) is 0 Å². The lowest BCUT2D eigenvalue weighted by molar-refractivity contribution is -0.145. The number of rotatable bonds is 11. The minimum Gasteiger partial charge on any atom is -0.466 e. The van der Waals surface area contributed by atoms with Gasteiger partial charge in [-0.25, -0.2) is 4.79 Å². The Balaban J connectivity index is 3.30. The zero-order chi connectivity index (χ0) is 27.5. The number of nitrogens with one attached hydrogen (secondary N) is 2. The summed E-state index contributed by atoms with van der Waals surface area (Å²) in [7, 11) is 0. The number of hydrogen-bond donors (Lipinski definition) is 2. The van der Waals surface area contributed by atoms with E-state index in [1.165, 1.54) is 4.90 Å². The second-order valence-corrected chi connectivity index (χ2v) is 9.39. The number of benzene rings is 1. The molecule has 0 saturated heterocycles. The largest absolute Gasteiger partial charge is 0.466 e. The van der Waals surface area contributed by atoms with Crippen molar-refractivity contribution in [3.63, 3.8) is 0 Å². The summed E-state index contributed by atoms with van der Waals surface area (Å²) in [6, 6.07) is 4.43. The van der Waals surface area contributed by atoms with Gasteiger partial charge in [0.15, 0.2) is 0 Å². The van der Waals surface area contributed by atoms with Crippen LogP contribution in [0.4, 0.5) is 4.79 Å². The Bertz CT molecular complexity index is 946. The maximum absolute atomic E-state index is 13.6. The average Bonchev–Trinajstić information content (AvgIpc) is 2.80. The van der Waals surface area contributed by atoms with Crippen molar-refractivity contribution in [3.05, 3.63) is 35.4 Å². The molecule has 0 bridgehead atoms. The van der Waals surface area contributed by atoms with E-state index in [0.717, 1.165) is 0 Å². The van der Waals surface area contributed by atoms with E-state index in [1.807, 2.05) is 13.8 Å². The van der Waals surface area contributed by atoms with Gasteiger partial charge in [0.05, 0.1) is 13.0 Å². The zero-order valence-electron chi connectivity index (χ0n) is 22.3. The van der Waals surface area contributed by atoms with Crippen LogP contribution in [-0.4, -0.2) is 59.6 Å². The normalized spacial score (nSPS) is 13.4. The van der Waals surface area contributed by atoms with E-state index < -0.39 is 41.6 Å². The lowest BCUT2D eigenvalue weighted by atomic mass is 9.99. The smallest absolute Gasteiger partial charge is 0.408 e. The molecule has 3 unspecified atom stereocenters. The highest BCUT2D eigenvalue weighted by Crippen LogP contribution is 2.26. The third kappa shape index (κ3) is 9.61. The van der Waals surface area contributed by atoms with Crippen LogP contribution in [0.2, 0.25) is 0 Å². The zero-order valence-corrected chi connectivity index (χ0v) is 22.3. The number of alkyl carbamates (subject to hydrolysis) is 1. The van der Waals surface area contributed by atoms with Crippen molar-refractivity contribution in [2.45, 2.75) is 85.0 Å². The van der Waals surface area contributed by atoms with Gasteiger partial charge in [0.25, 0.3) is 0 Å². The first kappa shape index (κ1) is 30.5. The summed E-state index contributed by atoms with van der Waals surface area (Å²) in [4.78, 5) is 52.5. The number of carbonyl (C=O) groups excluding carboxylic acids is 4. The first-order chi connectivity index (χ1) is 16.8. The Hall–Kier alpha value is -3.54. The van der Waals surface area contributed by atoms with Crippen LogP contribution in [0.5, 0.6) is 0 Å². The van der Waals surface area contributed by atoms with Gasteiger partial charge < -0.3 is 25.0 Å². The van der Waals surface area contributed by atoms with E-state index >= 15 is 0 Å². The molecule has 9 nitrogen and oxygen atoms in total. The molecule has 0 aliphatic rings. The van der Waals surface area contributed by atoms with E-state index in [4.69, 9.17) is 15.9 Å². The van der Waals surface area contributed by atoms with Crippen molar-refractivity contribution in [1.82, 2.24) is 15.5 Å². The number of carbonyl (C=O) groups is 4. The number of hydrogen-bond acceptors (Lipinski definition) is 6. The maximum Gasteiger partial charge on any atom is 0.408 e. The van der Waals surface area contributed by atoms with Gasteiger partial charge in [-0.1, -0.05) is 25.0 Å². The SMILES string of the molecule is C#Cc1ccc(C(C(=O)NCCC(=O)OCC)N(C(=O)C(C)NC(=O)OC(C)(C)C)C(C)CC)cc1. The van der Waals surface area contributed by atoms with E-state index in [9.17, 15) is 19.2 Å². The van der Waals surface area contributed by atoms with E-state index in [1.54, 1.807) is 58.9 Å². The Kier molecular flexibility index (Phi) is 12.0. The van der Waals surface area contributed by atoms with Gasteiger partial charge in [-0.05, 0) is 65.7 Å². The van der Waals surface area contributed by atoms with Gasteiger partial charge >= 0.3 is 12.1 Å². The molecule has 2 N–H and O–H groups in total. The molecule has 0 aliphatic carbocycles. The quantitative estimate of drug-likeness (QED) is 0.355. The van der Waals surface area contributed by atoms with Gasteiger partial charge in [0, 0.05) is 18.2 Å². The lowest BCUT2D eigenvalue weighted by Gasteiger charge is -2.37. The molecule has 1 aromatic rings. The average molecular weight is 502 g/mol. The Morgan fingerprint density at radius 3 is 2.19 bits per heavy atom. The highest BCUT2D eigenvalue weighted by Gasteiger charge is 2.37. The second-order valence-electron chi connectivity index (χ2n) is 9.39. The molecular formula is C27H39N3O6. The highest BCUT2D eigenvalue weighted by atomic mass is 16.6. The lowest BCUT2D eigenvalue weighted by Crippen LogP contribution is -2.54. The first-order valence-electron chi connectivity index (χ1n) is 12.2. The Labute approximate surface area is 214 Å². The monoisotopic (exact) mass is 501 g/mol. The molecule has 1 aromatic carbocycles. The van der Waals surface area contributed by atoms with Crippen molar-refractivity contribution in [1.29, 1.82) is 0 Å². The van der Waals surface area contributed by atoms with Crippen molar-refractivity contribution in [2.75, 3.05) is 13.2 Å². The summed E-state index contributed by atoms with van der Waals surface area (Å²) in [6.45, 7) is 12.4. The van der Waals surface area contributed by atoms with Gasteiger partial charge in [-0.3, -0.25) is 14.4 Å². The number of nitrogens with zero attached hydrogens (tertiary/aromatic N) is 1. The summed E-state index contributed by atoms with van der Waals surface area (Å²) in [5, 5.41) is 5.30. The van der Waals surface area contributed by atoms with Crippen molar-refractivity contribution >= 4 is 23.9 Å². The molecule has 0 spiro atoms. The third-order valence-electron chi connectivity index (χ3n) is 5.28.